The average molecular weight is 317 g/mol. The molecule has 1 aromatic rings. The highest BCUT2D eigenvalue weighted by Gasteiger charge is 2.36. The second-order valence-corrected chi connectivity index (χ2v) is 7.22. The van der Waals surface area contributed by atoms with Crippen molar-refractivity contribution < 1.29 is 4.79 Å². The SMILES string of the molecule is CC(=O)N1CCc2nnc([C@@H]3CCCN3C3CCCC3)n2CC1. The lowest BCUT2D eigenvalue weighted by Gasteiger charge is -2.30. The third-order valence-electron chi connectivity index (χ3n) is 5.89. The molecule has 1 aromatic heterocycles. The number of likely N-dealkylation sites (tertiary alicyclic amines) is 1. The molecule has 0 N–H and O–H groups in total. The molecule has 1 amide bonds. The number of fused-ring (bicyclic) bond motifs is 1. The Bertz CT molecular complexity index is 578. The Morgan fingerprint density at radius 3 is 2.61 bits per heavy atom. The fraction of sp³-hybridized carbons (Fsp3) is 0.824. The van der Waals surface area contributed by atoms with Gasteiger partial charge >= 0.3 is 0 Å². The van der Waals surface area contributed by atoms with Gasteiger partial charge in [-0.25, -0.2) is 0 Å². The number of rotatable bonds is 2. The minimum atomic E-state index is 0.165. The molecule has 2 aliphatic heterocycles. The highest BCUT2D eigenvalue weighted by atomic mass is 16.2. The average Bonchev–Trinajstić information content (AvgIpc) is 3.24. The van der Waals surface area contributed by atoms with Crippen LogP contribution in [0.25, 0.3) is 0 Å². The summed E-state index contributed by atoms with van der Waals surface area (Å²) in [5.74, 6) is 2.37. The maximum atomic E-state index is 11.7. The van der Waals surface area contributed by atoms with Crippen LogP contribution in [0.3, 0.4) is 0 Å². The quantitative estimate of drug-likeness (QED) is 0.834. The third kappa shape index (κ3) is 2.77. The number of hydrogen-bond donors (Lipinski definition) is 0. The first kappa shape index (κ1) is 15.1. The first-order valence-corrected chi connectivity index (χ1v) is 9.17. The van der Waals surface area contributed by atoms with Crippen molar-refractivity contribution in [3.8, 4) is 0 Å². The zero-order valence-corrected chi connectivity index (χ0v) is 14.1. The van der Waals surface area contributed by atoms with E-state index < -0.39 is 0 Å². The minimum absolute atomic E-state index is 0.165. The Hall–Kier alpha value is -1.43. The molecule has 6 heteroatoms. The molecule has 1 aliphatic carbocycles. The Morgan fingerprint density at radius 1 is 1.00 bits per heavy atom. The van der Waals surface area contributed by atoms with Crippen LogP contribution in [0.15, 0.2) is 0 Å². The van der Waals surface area contributed by atoms with E-state index in [1.54, 1.807) is 6.92 Å². The van der Waals surface area contributed by atoms with E-state index in [0.29, 0.717) is 6.04 Å². The van der Waals surface area contributed by atoms with Crippen molar-refractivity contribution in [3.05, 3.63) is 11.6 Å². The van der Waals surface area contributed by atoms with Crippen molar-refractivity contribution in [2.75, 3.05) is 19.6 Å². The molecule has 0 bridgehead atoms. The van der Waals surface area contributed by atoms with E-state index in [4.69, 9.17) is 0 Å². The van der Waals surface area contributed by atoms with Gasteiger partial charge in [0.1, 0.15) is 11.6 Å². The van der Waals surface area contributed by atoms with Gasteiger partial charge in [0, 0.05) is 39.0 Å². The van der Waals surface area contributed by atoms with Crippen LogP contribution < -0.4 is 0 Å². The van der Waals surface area contributed by atoms with Gasteiger partial charge in [0.15, 0.2) is 0 Å². The zero-order valence-electron chi connectivity index (χ0n) is 14.1. The summed E-state index contributed by atoms with van der Waals surface area (Å²) < 4.78 is 2.31. The van der Waals surface area contributed by atoms with E-state index in [1.807, 2.05) is 4.90 Å². The Morgan fingerprint density at radius 2 is 1.83 bits per heavy atom. The van der Waals surface area contributed by atoms with Crippen molar-refractivity contribution in [1.29, 1.82) is 0 Å². The summed E-state index contributed by atoms with van der Waals surface area (Å²) >= 11 is 0. The molecule has 1 atom stereocenters. The van der Waals surface area contributed by atoms with Crippen LogP contribution in [0.1, 0.15) is 63.1 Å². The maximum absolute atomic E-state index is 11.7. The first-order chi connectivity index (χ1) is 11.2. The lowest BCUT2D eigenvalue weighted by Crippen LogP contribution is -2.34. The largest absolute Gasteiger partial charge is 0.341 e. The smallest absolute Gasteiger partial charge is 0.219 e. The standard InChI is InChI=1S/C17H27N5O/c1-13(23)20-10-8-16-18-19-17(22(16)12-11-20)15-7-4-9-21(15)14-5-2-3-6-14/h14-15H,2-12H2,1H3/t15-/m0/s1. The van der Waals surface area contributed by atoms with Crippen LogP contribution in [0.5, 0.6) is 0 Å². The van der Waals surface area contributed by atoms with Crippen LogP contribution in [-0.2, 0) is 17.8 Å². The molecule has 1 saturated carbocycles. The van der Waals surface area contributed by atoms with Crippen LogP contribution in [-0.4, -0.2) is 56.1 Å². The molecule has 2 fully saturated rings. The fourth-order valence-electron chi connectivity index (χ4n) is 4.65. The van der Waals surface area contributed by atoms with Crippen LogP contribution in [0.4, 0.5) is 0 Å². The van der Waals surface area contributed by atoms with Gasteiger partial charge in [-0.05, 0) is 32.2 Å². The molecule has 3 aliphatic rings. The zero-order chi connectivity index (χ0) is 15.8. The predicted octanol–water partition coefficient (Wildman–Crippen LogP) is 1.76. The van der Waals surface area contributed by atoms with Gasteiger partial charge in [0.25, 0.3) is 0 Å². The van der Waals surface area contributed by atoms with Crippen LogP contribution >= 0.6 is 0 Å². The van der Waals surface area contributed by atoms with Crippen molar-refractivity contribution in [3.63, 3.8) is 0 Å². The van der Waals surface area contributed by atoms with Crippen molar-refractivity contribution >= 4 is 5.91 Å². The molecule has 23 heavy (non-hydrogen) atoms. The Balaban J connectivity index is 1.56. The first-order valence-electron chi connectivity index (χ1n) is 9.17. The number of hydrogen-bond acceptors (Lipinski definition) is 4. The van der Waals surface area contributed by atoms with E-state index in [1.165, 1.54) is 45.1 Å². The minimum Gasteiger partial charge on any atom is -0.341 e. The fourth-order valence-corrected chi connectivity index (χ4v) is 4.65. The van der Waals surface area contributed by atoms with Gasteiger partial charge in [-0.3, -0.25) is 9.69 Å². The molecule has 0 radical (unpaired) electrons. The Labute approximate surface area is 137 Å². The number of carbonyl (C=O) groups excluding carboxylic acids is 1. The van der Waals surface area contributed by atoms with Gasteiger partial charge in [-0.1, -0.05) is 12.8 Å². The molecule has 4 rings (SSSR count). The second kappa shape index (κ2) is 6.23. The summed E-state index contributed by atoms with van der Waals surface area (Å²) in [6.07, 6.45) is 8.72. The predicted molar refractivity (Wildman–Crippen MR) is 86.9 cm³/mol. The van der Waals surface area contributed by atoms with Gasteiger partial charge in [0.05, 0.1) is 6.04 Å². The molecule has 0 aromatic carbocycles. The summed E-state index contributed by atoms with van der Waals surface area (Å²) in [6.45, 7) is 5.25. The molecule has 6 nitrogen and oxygen atoms in total. The van der Waals surface area contributed by atoms with Gasteiger partial charge < -0.3 is 9.47 Å². The number of aromatic nitrogens is 3. The lowest BCUT2D eigenvalue weighted by atomic mass is 10.1. The molecule has 0 unspecified atom stereocenters. The van der Waals surface area contributed by atoms with Crippen LogP contribution in [0, 0.1) is 0 Å². The van der Waals surface area contributed by atoms with Gasteiger partial charge in [-0.2, -0.15) is 0 Å². The van der Waals surface area contributed by atoms with E-state index >= 15 is 0 Å². The molecule has 0 spiro atoms. The summed E-state index contributed by atoms with van der Waals surface area (Å²) in [7, 11) is 0. The van der Waals surface area contributed by atoms with Crippen molar-refractivity contribution in [2.45, 2.75) is 70.5 Å². The van der Waals surface area contributed by atoms with E-state index in [2.05, 4.69) is 19.7 Å². The number of nitrogens with zero attached hydrogens (tertiary/aromatic N) is 5. The maximum Gasteiger partial charge on any atom is 0.219 e. The molecule has 126 valence electrons. The topological polar surface area (TPSA) is 54.3 Å². The van der Waals surface area contributed by atoms with E-state index in [9.17, 15) is 4.79 Å². The highest BCUT2D eigenvalue weighted by molar-refractivity contribution is 5.73. The monoisotopic (exact) mass is 317 g/mol. The molecule has 1 saturated heterocycles. The second-order valence-electron chi connectivity index (χ2n) is 7.22. The number of amides is 1. The highest BCUT2D eigenvalue weighted by Crippen LogP contribution is 2.37. The third-order valence-corrected chi connectivity index (χ3v) is 5.89. The summed E-state index contributed by atoms with van der Waals surface area (Å²) in [4.78, 5) is 16.3. The lowest BCUT2D eigenvalue weighted by molar-refractivity contribution is -0.128. The molecular formula is C17H27N5O. The Kier molecular flexibility index (Phi) is 4.09. The van der Waals surface area contributed by atoms with Crippen LogP contribution in [0.2, 0.25) is 0 Å². The van der Waals surface area contributed by atoms with E-state index in [-0.39, 0.29) is 5.91 Å². The number of carbonyl (C=O) groups is 1. The summed E-state index contributed by atoms with van der Waals surface area (Å²) in [6, 6.07) is 1.18. The molecule has 3 heterocycles. The normalized spacial score (nSPS) is 26.5. The van der Waals surface area contributed by atoms with Crippen molar-refractivity contribution in [1.82, 2.24) is 24.6 Å². The molecular weight excluding hydrogens is 290 g/mol. The summed E-state index contributed by atoms with van der Waals surface area (Å²) in [5, 5.41) is 9.05. The van der Waals surface area contributed by atoms with E-state index in [0.717, 1.165) is 43.7 Å². The van der Waals surface area contributed by atoms with Crippen molar-refractivity contribution in [2.24, 2.45) is 0 Å². The summed E-state index contributed by atoms with van der Waals surface area (Å²) in [5.41, 5.74) is 0. The van der Waals surface area contributed by atoms with Gasteiger partial charge in [0.2, 0.25) is 5.91 Å². The van der Waals surface area contributed by atoms with Gasteiger partial charge in [-0.15, -0.1) is 10.2 Å².